The normalized spacial score (nSPS) is 12.3. The van der Waals surface area contributed by atoms with Gasteiger partial charge in [0.1, 0.15) is 17.5 Å². The Kier molecular flexibility index (Phi) is 5.11. The van der Waals surface area contributed by atoms with E-state index in [1.54, 1.807) is 7.11 Å². The van der Waals surface area contributed by atoms with Crippen LogP contribution in [-0.2, 0) is 4.74 Å². The molecule has 0 saturated carbocycles. The molecule has 0 fully saturated rings. The lowest BCUT2D eigenvalue weighted by atomic mass is 10.3. The maximum Gasteiger partial charge on any atom is 0.134 e. The van der Waals surface area contributed by atoms with E-state index in [0.717, 1.165) is 11.6 Å². The average molecular weight is 240 g/mol. The Hall–Kier alpha value is -1.40. The third kappa shape index (κ3) is 4.16. The molecule has 0 saturated heterocycles. The molecule has 6 heteroatoms. The Morgan fingerprint density at radius 1 is 1.53 bits per heavy atom. The van der Waals surface area contributed by atoms with Crippen LogP contribution < -0.4 is 10.2 Å². The number of aromatic nitrogens is 2. The lowest BCUT2D eigenvalue weighted by Crippen LogP contribution is -2.32. The van der Waals surface area contributed by atoms with Gasteiger partial charge in [0.25, 0.3) is 0 Å². The molecule has 96 valence electrons. The van der Waals surface area contributed by atoms with Gasteiger partial charge in [-0.1, -0.05) is 0 Å². The molecular weight excluding hydrogens is 220 g/mol. The molecule has 0 aliphatic rings. The Balaban J connectivity index is 2.74. The molecule has 0 radical (unpaired) electrons. The monoisotopic (exact) mass is 240 g/mol. The van der Waals surface area contributed by atoms with Crippen molar-refractivity contribution in [3.63, 3.8) is 0 Å². The summed E-state index contributed by atoms with van der Waals surface area (Å²) in [5.41, 5.74) is 0. The molecular formula is C11H20N4O2. The van der Waals surface area contributed by atoms with E-state index in [1.165, 1.54) is 0 Å². The number of hydrogen-bond donors (Lipinski definition) is 2. The Bertz CT molecular complexity index is 359. The number of aliphatic hydroxyl groups is 1. The first-order valence-electron chi connectivity index (χ1n) is 5.48. The summed E-state index contributed by atoms with van der Waals surface area (Å²) in [6.07, 6.45) is -0.529. The van der Waals surface area contributed by atoms with E-state index in [2.05, 4.69) is 15.3 Å². The lowest BCUT2D eigenvalue weighted by molar-refractivity contribution is 0.0694. The first kappa shape index (κ1) is 13.7. The van der Waals surface area contributed by atoms with Gasteiger partial charge in [0.05, 0.1) is 12.7 Å². The van der Waals surface area contributed by atoms with Crippen LogP contribution in [0.15, 0.2) is 6.07 Å². The van der Waals surface area contributed by atoms with Gasteiger partial charge in [-0.3, -0.25) is 0 Å². The predicted octanol–water partition coefficient (Wildman–Crippen LogP) is 0.270. The molecule has 1 aromatic rings. The molecule has 2 N–H and O–H groups in total. The topological polar surface area (TPSA) is 70.5 Å². The summed E-state index contributed by atoms with van der Waals surface area (Å²) >= 11 is 0. The van der Waals surface area contributed by atoms with Gasteiger partial charge in [0.2, 0.25) is 0 Å². The van der Waals surface area contributed by atoms with Gasteiger partial charge >= 0.3 is 0 Å². The smallest absolute Gasteiger partial charge is 0.134 e. The first-order valence-corrected chi connectivity index (χ1v) is 5.48. The van der Waals surface area contributed by atoms with E-state index in [4.69, 9.17) is 4.74 Å². The van der Waals surface area contributed by atoms with Gasteiger partial charge in [-0.15, -0.1) is 0 Å². The van der Waals surface area contributed by atoms with Crippen LogP contribution in [0.5, 0.6) is 0 Å². The highest BCUT2D eigenvalue weighted by Crippen LogP contribution is 2.14. The second kappa shape index (κ2) is 6.36. The largest absolute Gasteiger partial charge is 0.389 e. The van der Waals surface area contributed by atoms with Gasteiger partial charge < -0.3 is 20.1 Å². The number of aryl methyl sites for hydroxylation is 1. The molecule has 1 heterocycles. The maximum absolute atomic E-state index is 9.65. The van der Waals surface area contributed by atoms with Crippen LogP contribution in [0.3, 0.4) is 0 Å². The number of nitrogens with zero attached hydrogens (tertiary/aromatic N) is 3. The number of aliphatic hydroxyl groups excluding tert-OH is 1. The van der Waals surface area contributed by atoms with Gasteiger partial charge in [0.15, 0.2) is 0 Å². The van der Waals surface area contributed by atoms with Crippen LogP contribution in [0.25, 0.3) is 0 Å². The minimum atomic E-state index is -0.529. The van der Waals surface area contributed by atoms with Crippen molar-refractivity contribution in [2.24, 2.45) is 0 Å². The van der Waals surface area contributed by atoms with Crippen molar-refractivity contribution in [2.75, 3.05) is 44.6 Å². The molecule has 1 unspecified atom stereocenters. The standard InChI is InChI=1S/C11H20N4O2/c1-8-13-10(12-2)5-11(14-8)15(3)6-9(16)7-17-4/h5,9,16H,6-7H2,1-4H3,(H,12,13,14). The van der Waals surface area contributed by atoms with Crippen LogP contribution in [0.2, 0.25) is 0 Å². The quantitative estimate of drug-likeness (QED) is 0.744. The van der Waals surface area contributed by atoms with E-state index in [0.29, 0.717) is 19.0 Å². The highest BCUT2D eigenvalue weighted by molar-refractivity contribution is 5.48. The number of hydrogen-bond acceptors (Lipinski definition) is 6. The Labute approximate surface area is 102 Å². The number of ether oxygens (including phenoxy) is 1. The molecule has 1 aromatic heterocycles. The summed E-state index contributed by atoms with van der Waals surface area (Å²) in [6.45, 7) is 2.62. The summed E-state index contributed by atoms with van der Waals surface area (Å²) in [6, 6.07) is 1.84. The number of methoxy groups -OCH3 is 1. The van der Waals surface area contributed by atoms with Crippen molar-refractivity contribution >= 4 is 11.6 Å². The van der Waals surface area contributed by atoms with Crippen molar-refractivity contribution < 1.29 is 9.84 Å². The van der Waals surface area contributed by atoms with E-state index < -0.39 is 6.10 Å². The van der Waals surface area contributed by atoms with Gasteiger partial charge in [-0.05, 0) is 6.92 Å². The third-order valence-electron chi connectivity index (χ3n) is 2.32. The fourth-order valence-corrected chi connectivity index (χ4v) is 1.53. The molecule has 0 spiro atoms. The van der Waals surface area contributed by atoms with Crippen LogP contribution in [0, 0.1) is 6.92 Å². The van der Waals surface area contributed by atoms with E-state index >= 15 is 0 Å². The zero-order chi connectivity index (χ0) is 12.8. The number of likely N-dealkylation sites (N-methyl/N-ethyl adjacent to an activating group) is 1. The van der Waals surface area contributed by atoms with Crippen molar-refractivity contribution in [3.05, 3.63) is 11.9 Å². The van der Waals surface area contributed by atoms with Crippen LogP contribution >= 0.6 is 0 Å². The van der Waals surface area contributed by atoms with Crippen LogP contribution in [0.1, 0.15) is 5.82 Å². The summed E-state index contributed by atoms with van der Waals surface area (Å²) in [7, 11) is 5.25. The SMILES string of the molecule is CNc1cc(N(C)CC(O)COC)nc(C)n1. The molecule has 1 rings (SSSR count). The van der Waals surface area contributed by atoms with Crippen molar-refractivity contribution in [1.82, 2.24) is 9.97 Å². The van der Waals surface area contributed by atoms with Crippen molar-refractivity contribution in [3.8, 4) is 0 Å². The summed E-state index contributed by atoms with van der Waals surface area (Å²) in [4.78, 5) is 10.4. The fourth-order valence-electron chi connectivity index (χ4n) is 1.53. The van der Waals surface area contributed by atoms with Crippen molar-refractivity contribution in [1.29, 1.82) is 0 Å². The number of nitrogens with one attached hydrogen (secondary N) is 1. The van der Waals surface area contributed by atoms with Crippen LogP contribution in [-0.4, -0.2) is 55.5 Å². The molecule has 0 amide bonds. The molecule has 0 aromatic carbocycles. The zero-order valence-electron chi connectivity index (χ0n) is 10.8. The lowest BCUT2D eigenvalue weighted by Gasteiger charge is -2.22. The summed E-state index contributed by atoms with van der Waals surface area (Å²) in [5.74, 6) is 2.23. The summed E-state index contributed by atoms with van der Waals surface area (Å²) in [5, 5.41) is 12.6. The molecule has 1 atom stereocenters. The van der Waals surface area contributed by atoms with Crippen LogP contribution in [0.4, 0.5) is 11.6 Å². The zero-order valence-corrected chi connectivity index (χ0v) is 10.8. The van der Waals surface area contributed by atoms with E-state index in [-0.39, 0.29) is 0 Å². The van der Waals surface area contributed by atoms with Gasteiger partial charge in [-0.2, -0.15) is 0 Å². The first-order chi connectivity index (χ1) is 8.06. The van der Waals surface area contributed by atoms with Crippen molar-refractivity contribution in [2.45, 2.75) is 13.0 Å². The molecule has 0 aliphatic carbocycles. The summed E-state index contributed by atoms with van der Waals surface area (Å²) < 4.78 is 4.89. The fraction of sp³-hybridized carbons (Fsp3) is 0.636. The molecule has 0 bridgehead atoms. The van der Waals surface area contributed by atoms with E-state index in [1.807, 2.05) is 32.0 Å². The molecule has 6 nitrogen and oxygen atoms in total. The van der Waals surface area contributed by atoms with Gasteiger partial charge in [-0.25, -0.2) is 9.97 Å². The molecule has 17 heavy (non-hydrogen) atoms. The second-order valence-corrected chi connectivity index (χ2v) is 3.90. The Morgan fingerprint density at radius 2 is 2.24 bits per heavy atom. The molecule has 0 aliphatic heterocycles. The second-order valence-electron chi connectivity index (χ2n) is 3.90. The minimum absolute atomic E-state index is 0.313. The minimum Gasteiger partial charge on any atom is -0.389 e. The average Bonchev–Trinajstić information content (AvgIpc) is 2.28. The highest BCUT2D eigenvalue weighted by atomic mass is 16.5. The third-order valence-corrected chi connectivity index (χ3v) is 2.32. The number of anilines is 2. The van der Waals surface area contributed by atoms with E-state index in [9.17, 15) is 5.11 Å². The Morgan fingerprint density at radius 3 is 2.82 bits per heavy atom. The maximum atomic E-state index is 9.65. The van der Waals surface area contributed by atoms with Gasteiger partial charge in [0, 0.05) is 33.8 Å². The highest BCUT2D eigenvalue weighted by Gasteiger charge is 2.11. The number of rotatable bonds is 6. The predicted molar refractivity (Wildman–Crippen MR) is 67.5 cm³/mol.